The third kappa shape index (κ3) is 1.68. The largest absolute Gasteiger partial charge is 0.387 e. The van der Waals surface area contributed by atoms with Gasteiger partial charge < -0.3 is 15.6 Å². The molecule has 0 saturated carbocycles. The highest BCUT2D eigenvalue weighted by Gasteiger charge is 2.35. The van der Waals surface area contributed by atoms with Crippen molar-refractivity contribution < 1.29 is 9.84 Å². The van der Waals surface area contributed by atoms with Crippen LogP contribution >= 0.6 is 0 Å². The first kappa shape index (κ1) is 7.98. The Labute approximate surface area is 61.2 Å². The smallest absolute Gasteiger partial charge is 0.0916 e. The van der Waals surface area contributed by atoms with Gasteiger partial charge >= 0.3 is 0 Å². The van der Waals surface area contributed by atoms with Gasteiger partial charge in [-0.25, -0.2) is 0 Å². The van der Waals surface area contributed by atoms with Crippen molar-refractivity contribution in [2.24, 2.45) is 5.73 Å². The third-order valence-corrected chi connectivity index (χ3v) is 1.91. The van der Waals surface area contributed by atoms with Crippen LogP contribution in [0, 0.1) is 0 Å². The zero-order valence-electron chi connectivity index (χ0n) is 6.34. The van der Waals surface area contributed by atoms with Gasteiger partial charge in [-0.1, -0.05) is 0 Å². The number of rotatable bonds is 2. The minimum atomic E-state index is -0.631. The fourth-order valence-corrected chi connectivity index (χ4v) is 1.39. The molecule has 0 aliphatic carbocycles. The van der Waals surface area contributed by atoms with Crippen LogP contribution in [0.25, 0.3) is 0 Å². The quantitative estimate of drug-likeness (QED) is 0.569. The van der Waals surface area contributed by atoms with Gasteiger partial charge in [0.05, 0.1) is 18.3 Å². The topological polar surface area (TPSA) is 55.5 Å². The Kier molecular flexibility index (Phi) is 2.28. The van der Waals surface area contributed by atoms with E-state index >= 15 is 0 Å². The molecule has 60 valence electrons. The van der Waals surface area contributed by atoms with Crippen LogP contribution in [0.4, 0.5) is 0 Å². The van der Waals surface area contributed by atoms with Crippen molar-refractivity contribution in [3.8, 4) is 0 Å². The van der Waals surface area contributed by atoms with Crippen LogP contribution in [0.2, 0.25) is 0 Å². The molecule has 1 heterocycles. The minimum Gasteiger partial charge on any atom is -0.387 e. The second-order valence-corrected chi connectivity index (χ2v) is 3.09. The molecule has 1 fully saturated rings. The van der Waals surface area contributed by atoms with E-state index in [-0.39, 0.29) is 6.10 Å². The first-order valence-electron chi connectivity index (χ1n) is 3.70. The maximum Gasteiger partial charge on any atom is 0.0916 e. The van der Waals surface area contributed by atoms with Crippen LogP contribution in [0.5, 0.6) is 0 Å². The van der Waals surface area contributed by atoms with Crippen molar-refractivity contribution in [1.29, 1.82) is 0 Å². The Balaban J connectivity index is 2.38. The summed E-state index contributed by atoms with van der Waals surface area (Å²) in [5.41, 5.74) is 4.69. The van der Waals surface area contributed by atoms with E-state index < -0.39 is 5.60 Å². The van der Waals surface area contributed by atoms with Gasteiger partial charge in [0.25, 0.3) is 0 Å². The maximum atomic E-state index is 9.66. The normalized spacial score (nSPS) is 40.5. The molecule has 2 unspecified atom stereocenters. The van der Waals surface area contributed by atoms with Crippen LogP contribution in [-0.4, -0.2) is 30.0 Å². The van der Waals surface area contributed by atoms with Crippen LogP contribution in [-0.2, 0) is 4.74 Å². The summed E-state index contributed by atoms with van der Waals surface area (Å²) in [6.07, 6.45) is 1.57. The monoisotopic (exact) mass is 145 g/mol. The van der Waals surface area contributed by atoms with Gasteiger partial charge in [-0.3, -0.25) is 0 Å². The van der Waals surface area contributed by atoms with Crippen molar-refractivity contribution in [3.63, 3.8) is 0 Å². The highest BCUT2D eigenvalue weighted by molar-refractivity contribution is 4.86. The standard InChI is InChI=1S/C7H15NO2/c1-6-4-7(9,2-3-8)5-10-6/h6,9H,2-5,8H2,1H3. The second-order valence-electron chi connectivity index (χ2n) is 3.09. The number of nitrogens with two attached hydrogens (primary N) is 1. The Morgan fingerprint density at radius 1 is 1.80 bits per heavy atom. The number of aliphatic hydroxyl groups is 1. The molecule has 1 rings (SSSR count). The molecule has 0 amide bonds. The van der Waals surface area contributed by atoms with E-state index in [1.165, 1.54) is 0 Å². The van der Waals surface area contributed by atoms with Crippen LogP contribution in [0.3, 0.4) is 0 Å². The average molecular weight is 145 g/mol. The SMILES string of the molecule is CC1CC(O)(CCN)CO1. The number of hydrogen-bond donors (Lipinski definition) is 2. The molecule has 0 aromatic carbocycles. The summed E-state index contributed by atoms with van der Waals surface area (Å²) in [7, 11) is 0. The fraction of sp³-hybridized carbons (Fsp3) is 1.00. The van der Waals surface area contributed by atoms with Gasteiger partial charge in [-0.15, -0.1) is 0 Å². The molecular formula is C7H15NO2. The maximum absolute atomic E-state index is 9.66. The Bertz CT molecular complexity index is 114. The molecular weight excluding hydrogens is 130 g/mol. The molecule has 0 radical (unpaired) electrons. The number of hydrogen-bond acceptors (Lipinski definition) is 3. The summed E-state index contributed by atoms with van der Waals surface area (Å²) in [6, 6.07) is 0. The van der Waals surface area contributed by atoms with Gasteiger partial charge in [0.1, 0.15) is 0 Å². The minimum absolute atomic E-state index is 0.191. The van der Waals surface area contributed by atoms with Crippen LogP contribution in [0.15, 0.2) is 0 Å². The van der Waals surface area contributed by atoms with Crippen molar-refractivity contribution in [2.75, 3.05) is 13.2 Å². The summed E-state index contributed by atoms with van der Waals surface area (Å²) >= 11 is 0. The van der Waals surface area contributed by atoms with Crippen LogP contribution in [0.1, 0.15) is 19.8 Å². The molecule has 0 spiro atoms. The van der Waals surface area contributed by atoms with E-state index in [2.05, 4.69) is 0 Å². The summed E-state index contributed by atoms with van der Waals surface area (Å²) in [4.78, 5) is 0. The van der Waals surface area contributed by atoms with Crippen molar-refractivity contribution in [3.05, 3.63) is 0 Å². The molecule has 0 bridgehead atoms. The van der Waals surface area contributed by atoms with Crippen LogP contribution < -0.4 is 5.73 Å². The lowest BCUT2D eigenvalue weighted by molar-refractivity contribution is 0.0179. The molecule has 0 aromatic rings. The molecule has 3 N–H and O–H groups in total. The van der Waals surface area contributed by atoms with E-state index in [1.807, 2.05) is 6.92 Å². The zero-order chi connectivity index (χ0) is 7.61. The number of ether oxygens (including phenoxy) is 1. The summed E-state index contributed by atoms with van der Waals surface area (Å²) in [5.74, 6) is 0. The lowest BCUT2D eigenvalue weighted by Gasteiger charge is -2.18. The van der Waals surface area contributed by atoms with E-state index in [0.29, 0.717) is 19.6 Å². The molecule has 3 heteroatoms. The highest BCUT2D eigenvalue weighted by atomic mass is 16.5. The van der Waals surface area contributed by atoms with E-state index in [4.69, 9.17) is 10.5 Å². The van der Waals surface area contributed by atoms with Gasteiger partial charge in [0, 0.05) is 6.42 Å². The van der Waals surface area contributed by atoms with Gasteiger partial charge in [-0.05, 0) is 19.9 Å². The van der Waals surface area contributed by atoms with E-state index in [1.54, 1.807) is 0 Å². The van der Waals surface area contributed by atoms with Crippen molar-refractivity contribution in [1.82, 2.24) is 0 Å². The molecule has 2 atom stereocenters. The molecule has 1 aliphatic rings. The summed E-state index contributed by atoms with van der Waals surface area (Å²) in [5, 5.41) is 9.66. The Hall–Kier alpha value is -0.120. The lowest BCUT2D eigenvalue weighted by Crippen LogP contribution is -2.31. The predicted octanol–water partition coefficient (Wildman–Crippen LogP) is -0.125. The average Bonchev–Trinajstić information content (AvgIpc) is 2.12. The third-order valence-electron chi connectivity index (χ3n) is 1.91. The first-order chi connectivity index (χ1) is 4.66. The molecule has 1 aliphatic heterocycles. The fourth-order valence-electron chi connectivity index (χ4n) is 1.39. The Morgan fingerprint density at radius 2 is 2.50 bits per heavy atom. The molecule has 1 saturated heterocycles. The molecule has 3 nitrogen and oxygen atoms in total. The summed E-state index contributed by atoms with van der Waals surface area (Å²) in [6.45, 7) is 2.95. The van der Waals surface area contributed by atoms with Crippen molar-refractivity contribution in [2.45, 2.75) is 31.5 Å². The molecule has 10 heavy (non-hydrogen) atoms. The van der Waals surface area contributed by atoms with Gasteiger partial charge in [0.15, 0.2) is 0 Å². The Morgan fingerprint density at radius 3 is 2.90 bits per heavy atom. The van der Waals surface area contributed by atoms with E-state index in [0.717, 1.165) is 6.42 Å². The van der Waals surface area contributed by atoms with Gasteiger partial charge in [-0.2, -0.15) is 0 Å². The summed E-state index contributed by atoms with van der Waals surface area (Å²) < 4.78 is 5.22. The first-order valence-corrected chi connectivity index (χ1v) is 3.70. The highest BCUT2D eigenvalue weighted by Crippen LogP contribution is 2.25. The second kappa shape index (κ2) is 2.86. The molecule has 0 aromatic heterocycles. The van der Waals surface area contributed by atoms with E-state index in [9.17, 15) is 5.11 Å². The van der Waals surface area contributed by atoms with Crippen molar-refractivity contribution >= 4 is 0 Å². The zero-order valence-corrected chi connectivity index (χ0v) is 6.34. The van der Waals surface area contributed by atoms with Gasteiger partial charge in [0.2, 0.25) is 0 Å². The predicted molar refractivity (Wildman–Crippen MR) is 38.7 cm³/mol. The lowest BCUT2D eigenvalue weighted by atomic mass is 9.97.